The van der Waals surface area contributed by atoms with Crippen molar-refractivity contribution in [2.45, 2.75) is 19.9 Å². The van der Waals surface area contributed by atoms with Crippen LogP contribution in [0.5, 0.6) is 0 Å². The van der Waals surface area contributed by atoms with E-state index in [0.29, 0.717) is 30.1 Å². The van der Waals surface area contributed by atoms with Crippen molar-refractivity contribution in [3.05, 3.63) is 47.9 Å². The van der Waals surface area contributed by atoms with Gasteiger partial charge in [0.15, 0.2) is 0 Å². The van der Waals surface area contributed by atoms with Gasteiger partial charge in [0.05, 0.1) is 25.0 Å². The van der Waals surface area contributed by atoms with Crippen LogP contribution in [0.15, 0.2) is 41.0 Å². The Kier molecular flexibility index (Phi) is 4.65. The maximum absolute atomic E-state index is 12.0. The number of nitrogens with two attached hydrogens (primary N) is 1. The van der Waals surface area contributed by atoms with E-state index in [4.69, 9.17) is 14.9 Å². The lowest BCUT2D eigenvalue weighted by Gasteiger charge is -2.11. The topological polar surface area (TPSA) is 77.5 Å². The highest BCUT2D eigenvalue weighted by atomic mass is 16.5. The first-order valence-corrected chi connectivity index (χ1v) is 6.53. The number of rotatable bonds is 6. The first-order valence-electron chi connectivity index (χ1n) is 6.53. The molecule has 0 spiro atoms. The van der Waals surface area contributed by atoms with E-state index in [1.807, 2.05) is 19.1 Å². The van der Waals surface area contributed by atoms with Crippen molar-refractivity contribution >= 4 is 17.3 Å². The lowest BCUT2D eigenvalue weighted by molar-refractivity contribution is 0.0506. The molecule has 0 aliphatic heterocycles. The van der Waals surface area contributed by atoms with Crippen LogP contribution >= 0.6 is 0 Å². The molecule has 0 unspecified atom stereocenters. The predicted molar refractivity (Wildman–Crippen MR) is 77.5 cm³/mol. The van der Waals surface area contributed by atoms with Crippen molar-refractivity contribution < 1.29 is 13.9 Å². The van der Waals surface area contributed by atoms with Crippen molar-refractivity contribution in [1.82, 2.24) is 0 Å². The molecule has 0 amide bonds. The second-order valence-corrected chi connectivity index (χ2v) is 4.37. The van der Waals surface area contributed by atoms with Gasteiger partial charge in [0.2, 0.25) is 0 Å². The van der Waals surface area contributed by atoms with Crippen LogP contribution in [0.4, 0.5) is 11.4 Å². The minimum absolute atomic E-state index is 0.374. The van der Waals surface area contributed by atoms with E-state index < -0.39 is 0 Å². The number of benzene rings is 1. The summed E-state index contributed by atoms with van der Waals surface area (Å²) in [4.78, 5) is 12.0. The summed E-state index contributed by atoms with van der Waals surface area (Å²) >= 11 is 0. The van der Waals surface area contributed by atoms with E-state index in [0.717, 1.165) is 12.2 Å². The first-order chi connectivity index (χ1) is 9.70. The molecule has 2 aromatic rings. The summed E-state index contributed by atoms with van der Waals surface area (Å²) in [5.74, 6) is 0.413. The molecule has 0 aliphatic rings. The standard InChI is InChI=1S/C15H18N2O3/c1-2-7-20-15(18)13-9-11(16)5-6-14(13)17-10-12-4-3-8-19-12/h3-6,8-9,17H,2,7,10,16H2,1H3. The summed E-state index contributed by atoms with van der Waals surface area (Å²) in [6.07, 6.45) is 2.39. The number of nitrogens with one attached hydrogen (secondary N) is 1. The van der Waals surface area contributed by atoms with Crippen molar-refractivity contribution in [2.75, 3.05) is 17.7 Å². The molecule has 0 atom stereocenters. The third-order valence-corrected chi connectivity index (χ3v) is 2.73. The Hall–Kier alpha value is -2.43. The second kappa shape index (κ2) is 6.65. The lowest BCUT2D eigenvalue weighted by Crippen LogP contribution is -2.11. The molecule has 5 heteroatoms. The average molecular weight is 274 g/mol. The van der Waals surface area contributed by atoms with Crippen LogP contribution in [0, 0.1) is 0 Å². The van der Waals surface area contributed by atoms with Gasteiger partial charge in [-0.2, -0.15) is 0 Å². The second-order valence-electron chi connectivity index (χ2n) is 4.37. The molecule has 0 saturated heterocycles. The van der Waals surface area contributed by atoms with Crippen LogP contribution in [0.3, 0.4) is 0 Å². The number of anilines is 2. The molecule has 0 bridgehead atoms. The fourth-order valence-corrected chi connectivity index (χ4v) is 1.75. The number of ether oxygens (including phenoxy) is 1. The zero-order chi connectivity index (χ0) is 14.4. The highest BCUT2D eigenvalue weighted by molar-refractivity contribution is 5.96. The number of hydrogen-bond acceptors (Lipinski definition) is 5. The number of carbonyl (C=O) groups excluding carboxylic acids is 1. The molecule has 1 aromatic heterocycles. The van der Waals surface area contributed by atoms with Gasteiger partial charge in [-0.3, -0.25) is 0 Å². The fourth-order valence-electron chi connectivity index (χ4n) is 1.75. The minimum Gasteiger partial charge on any atom is -0.467 e. The summed E-state index contributed by atoms with van der Waals surface area (Å²) in [5.41, 5.74) is 7.37. The molecule has 0 fully saturated rings. The molecule has 106 valence electrons. The summed E-state index contributed by atoms with van der Waals surface area (Å²) in [6, 6.07) is 8.79. The zero-order valence-corrected chi connectivity index (χ0v) is 11.4. The predicted octanol–water partition coefficient (Wildman–Crippen LogP) is 3.04. The van der Waals surface area contributed by atoms with Crippen LogP contribution in [-0.2, 0) is 11.3 Å². The summed E-state index contributed by atoms with van der Waals surface area (Å²) in [7, 11) is 0. The molecule has 1 heterocycles. The van der Waals surface area contributed by atoms with E-state index >= 15 is 0 Å². The first kappa shape index (κ1) is 14.0. The quantitative estimate of drug-likeness (QED) is 0.625. The Morgan fingerprint density at radius 3 is 2.95 bits per heavy atom. The molecule has 1 aromatic carbocycles. The molecular formula is C15H18N2O3. The average Bonchev–Trinajstić information content (AvgIpc) is 2.96. The summed E-state index contributed by atoms with van der Waals surface area (Å²) in [6.45, 7) is 2.83. The molecule has 3 N–H and O–H groups in total. The third kappa shape index (κ3) is 3.54. The van der Waals surface area contributed by atoms with Crippen molar-refractivity contribution in [3.8, 4) is 0 Å². The molecular weight excluding hydrogens is 256 g/mol. The maximum Gasteiger partial charge on any atom is 0.340 e. The molecule has 0 aliphatic carbocycles. The van der Waals surface area contributed by atoms with Gasteiger partial charge < -0.3 is 20.2 Å². The van der Waals surface area contributed by atoms with Gasteiger partial charge in [0.25, 0.3) is 0 Å². The van der Waals surface area contributed by atoms with E-state index in [1.165, 1.54) is 0 Å². The van der Waals surface area contributed by atoms with E-state index in [9.17, 15) is 4.79 Å². The van der Waals surface area contributed by atoms with Gasteiger partial charge in [0, 0.05) is 11.4 Å². The Labute approximate surface area is 117 Å². The number of hydrogen-bond donors (Lipinski definition) is 2. The van der Waals surface area contributed by atoms with Crippen molar-refractivity contribution in [2.24, 2.45) is 0 Å². The van der Waals surface area contributed by atoms with Gasteiger partial charge in [-0.15, -0.1) is 0 Å². The largest absolute Gasteiger partial charge is 0.467 e. The maximum atomic E-state index is 12.0. The fraction of sp³-hybridized carbons (Fsp3) is 0.267. The Balaban J connectivity index is 2.12. The molecule has 5 nitrogen and oxygen atoms in total. The smallest absolute Gasteiger partial charge is 0.340 e. The van der Waals surface area contributed by atoms with Gasteiger partial charge in [0.1, 0.15) is 5.76 Å². The number of nitrogen functional groups attached to an aromatic ring is 1. The van der Waals surface area contributed by atoms with Crippen molar-refractivity contribution in [3.63, 3.8) is 0 Å². The Morgan fingerprint density at radius 1 is 1.40 bits per heavy atom. The summed E-state index contributed by atoms with van der Waals surface area (Å²) < 4.78 is 10.4. The summed E-state index contributed by atoms with van der Waals surface area (Å²) in [5, 5.41) is 3.15. The van der Waals surface area contributed by atoms with E-state index in [1.54, 1.807) is 24.5 Å². The van der Waals surface area contributed by atoms with Gasteiger partial charge in [-0.05, 0) is 36.8 Å². The van der Waals surface area contributed by atoms with Gasteiger partial charge in [-0.1, -0.05) is 6.92 Å². The van der Waals surface area contributed by atoms with Crippen LogP contribution in [-0.4, -0.2) is 12.6 Å². The minimum atomic E-state index is -0.374. The zero-order valence-electron chi connectivity index (χ0n) is 11.4. The molecule has 0 radical (unpaired) electrons. The van der Waals surface area contributed by atoms with Gasteiger partial charge in [-0.25, -0.2) is 4.79 Å². The number of furan rings is 1. The third-order valence-electron chi connectivity index (χ3n) is 2.73. The number of carbonyl (C=O) groups is 1. The highest BCUT2D eigenvalue weighted by Crippen LogP contribution is 2.21. The van der Waals surface area contributed by atoms with Crippen LogP contribution in [0.1, 0.15) is 29.5 Å². The molecule has 0 saturated carbocycles. The van der Waals surface area contributed by atoms with E-state index in [2.05, 4.69) is 5.32 Å². The van der Waals surface area contributed by atoms with Crippen LogP contribution in [0.25, 0.3) is 0 Å². The van der Waals surface area contributed by atoms with Crippen LogP contribution in [0.2, 0.25) is 0 Å². The monoisotopic (exact) mass is 274 g/mol. The van der Waals surface area contributed by atoms with E-state index in [-0.39, 0.29) is 5.97 Å². The van der Waals surface area contributed by atoms with Gasteiger partial charge >= 0.3 is 5.97 Å². The normalized spacial score (nSPS) is 10.2. The Bertz CT molecular complexity index is 565. The van der Waals surface area contributed by atoms with Crippen LogP contribution < -0.4 is 11.1 Å². The Morgan fingerprint density at radius 2 is 2.25 bits per heavy atom. The lowest BCUT2D eigenvalue weighted by atomic mass is 10.1. The SMILES string of the molecule is CCCOC(=O)c1cc(N)ccc1NCc1ccco1. The molecule has 20 heavy (non-hydrogen) atoms. The number of esters is 1. The highest BCUT2D eigenvalue weighted by Gasteiger charge is 2.13. The van der Waals surface area contributed by atoms with Crippen molar-refractivity contribution in [1.29, 1.82) is 0 Å². The molecule has 2 rings (SSSR count).